The topological polar surface area (TPSA) is 95.0 Å². The first kappa shape index (κ1) is 25.5. The summed E-state index contributed by atoms with van der Waals surface area (Å²) in [5.74, 6) is -0.692. The van der Waals surface area contributed by atoms with Crippen LogP contribution in [0.1, 0.15) is 51.8 Å². The highest BCUT2D eigenvalue weighted by atomic mass is 19.4. The van der Waals surface area contributed by atoms with Crippen molar-refractivity contribution in [1.29, 1.82) is 0 Å². The number of fused-ring (bicyclic) bond motifs is 5. The van der Waals surface area contributed by atoms with E-state index in [1.807, 2.05) is 0 Å². The van der Waals surface area contributed by atoms with Gasteiger partial charge in [0.25, 0.3) is 5.91 Å². The number of nitrogens with zero attached hydrogens (tertiary/aromatic N) is 4. The lowest BCUT2D eigenvalue weighted by Crippen LogP contribution is -2.46. The van der Waals surface area contributed by atoms with Gasteiger partial charge in [-0.1, -0.05) is 6.07 Å². The van der Waals surface area contributed by atoms with Gasteiger partial charge in [0.1, 0.15) is 23.0 Å². The summed E-state index contributed by atoms with van der Waals surface area (Å²) in [5.41, 5.74) is 6.20. The third kappa shape index (κ3) is 4.00. The van der Waals surface area contributed by atoms with Gasteiger partial charge in [-0.15, -0.1) is 0 Å². The van der Waals surface area contributed by atoms with E-state index in [2.05, 4.69) is 9.97 Å². The summed E-state index contributed by atoms with van der Waals surface area (Å²) in [6.45, 7) is 2.48. The van der Waals surface area contributed by atoms with Gasteiger partial charge in [0.2, 0.25) is 0 Å². The van der Waals surface area contributed by atoms with Crippen molar-refractivity contribution in [2.24, 2.45) is 0 Å². The number of anilines is 1. The number of imidazole rings is 1. The lowest BCUT2D eigenvalue weighted by atomic mass is 9.78. The Hall–Kier alpha value is -3.77. The van der Waals surface area contributed by atoms with Crippen molar-refractivity contribution in [3.05, 3.63) is 70.4 Å². The Kier molecular flexibility index (Phi) is 5.81. The number of carbonyl (C=O) groups excluding carboxylic acids is 1. The molecule has 0 bridgehead atoms. The summed E-state index contributed by atoms with van der Waals surface area (Å²) in [7, 11) is 1.49. The average Bonchev–Trinajstić information content (AvgIpc) is 3.30. The number of amides is 1. The molecular weight excluding hydrogens is 518 g/mol. The van der Waals surface area contributed by atoms with Gasteiger partial charge < -0.3 is 20.1 Å². The first-order valence-electron chi connectivity index (χ1n) is 12.4. The predicted octanol–water partition coefficient (Wildman–Crippen LogP) is 4.78. The molecule has 1 amide bonds. The number of rotatable bonds is 2. The maximum absolute atomic E-state index is 15.3. The Morgan fingerprint density at radius 1 is 1.18 bits per heavy atom. The number of nitrogen functional groups attached to an aromatic ring is 1. The van der Waals surface area contributed by atoms with E-state index in [9.17, 15) is 18.0 Å². The molecule has 2 aliphatic rings. The summed E-state index contributed by atoms with van der Waals surface area (Å²) in [5, 5.41) is 0. The van der Waals surface area contributed by atoms with Gasteiger partial charge >= 0.3 is 6.18 Å². The molecule has 0 radical (unpaired) electrons. The number of hydrogen-bond acceptors (Lipinski definition) is 6. The second-order valence-electron chi connectivity index (χ2n) is 9.99. The number of benzene rings is 2. The van der Waals surface area contributed by atoms with Crippen LogP contribution in [0.4, 0.5) is 23.4 Å². The van der Waals surface area contributed by atoms with E-state index in [1.165, 1.54) is 24.1 Å². The molecule has 2 aliphatic heterocycles. The molecule has 8 nitrogen and oxygen atoms in total. The third-order valence-electron chi connectivity index (χ3n) is 7.81. The number of alkyl halides is 3. The van der Waals surface area contributed by atoms with Crippen molar-refractivity contribution in [3.63, 3.8) is 0 Å². The minimum atomic E-state index is -4.54. The van der Waals surface area contributed by atoms with E-state index in [0.717, 1.165) is 18.2 Å². The van der Waals surface area contributed by atoms with E-state index < -0.39 is 35.1 Å². The Balaban J connectivity index is 1.43. The van der Waals surface area contributed by atoms with Gasteiger partial charge in [0.05, 0.1) is 46.6 Å². The van der Waals surface area contributed by atoms with E-state index in [4.69, 9.17) is 15.2 Å². The Labute approximate surface area is 220 Å². The molecule has 0 saturated carbocycles. The average molecular weight is 544 g/mol. The minimum absolute atomic E-state index is 0.0404. The van der Waals surface area contributed by atoms with Gasteiger partial charge in [-0.25, -0.2) is 14.4 Å². The molecule has 204 valence electrons. The van der Waals surface area contributed by atoms with Gasteiger partial charge in [-0.2, -0.15) is 13.2 Å². The van der Waals surface area contributed by atoms with Gasteiger partial charge in [0, 0.05) is 39.2 Å². The van der Waals surface area contributed by atoms with Crippen LogP contribution in [0.5, 0.6) is 0 Å². The summed E-state index contributed by atoms with van der Waals surface area (Å²) >= 11 is 0. The number of likely N-dealkylation sites (N-methyl/N-ethyl adjacent to an activating group) is 1. The monoisotopic (exact) mass is 543 g/mol. The van der Waals surface area contributed by atoms with Crippen molar-refractivity contribution >= 4 is 28.3 Å². The fourth-order valence-corrected chi connectivity index (χ4v) is 5.69. The van der Waals surface area contributed by atoms with Crippen LogP contribution in [0.25, 0.3) is 16.6 Å². The number of carbonyl (C=O) groups is 1. The van der Waals surface area contributed by atoms with E-state index in [-0.39, 0.29) is 23.5 Å². The van der Waals surface area contributed by atoms with E-state index in [1.54, 1.807) is 17.5 Å². The fourth-order valence-electron chi connectivity index (χ4n) is 5.69. The molecule has 12 heteroatoms. The zero-order valence-corrected chi connectivity index (χ0v) is 21.2. The second-order valence-corrected chi connectivity index (χ2v) is 9.99. The van der Waals surface area contributed by atoms with Crippen molar-refractivity contribution in [2.45, 2.75) is 37.6 Å². The molecule has 6 rings (SSSR count). The SMILES string of the molecule is Cc1ncc2c(N)nc3cc(F)c(C(=O)N(C)C4COC5(CCOCC5)c5cc(C(F)(F)F)ccc54)cc3n12. The first-order valence-corrected chi connectivity index (χ1v) is 12.4. The van der Waals surface area contributed by atoms with Crippen LogP contribution in [0.2, 0.25) is 0 Å². The Bertz CT molecular complexity index is 1630. The smallest absolute Gasteiger partial charge is 0.382 e. The van der Waals surface area contributed by atoms with Gasteiger partial charge in [0.15, 0.2) is 0 Å². The molecule has 1 fully saturated rings. The zero-order chi connectivity index (χ0) is 27.7. The molecule has 1 atom stereocenters. The molecule has 1 spiro atoms. The van der Waals surface area contributed by atoms with E-state index >= 15 is 4.39 Å². The van der Waals surface area contributed by atoms with Crippen LogP contribution in [0, 0.1) is 12.7 Å². The number of halogens is 4. The van der Waals surface area contributed by atoms with Crippen molar-refractivity contribution < 1.29 is 31.8 Å². The van der Waals surface area contributed by atoms with Crippen LogP contribution in [0.3, 0.4) is 0 Å². The molecule has 39 heavy (non-hydrogen) atoms. The number of nitrogens with two attached hydrogens (primary N) is 1. The molecule has 2 aromatic heterocycles. The highest BCUT2D eigenvalue weighted by Gasteiger charge is 2.45. The standard InChI is InChI=1S/C27H25F4N5O3/c1-14-33-12-22-24(32)34-20-11-19(28)17(10-21(20)36(14)22)25(37)35(2)23-13-39-26(5-7-38-8-6-26)18-9-15(27(29,30)31)3-4-16(18)23/h3-4,9-12,23H,5-8,13H2,1-2H3,(H2,32,34). The third-order valence-corrected chi connectivity index (χ3v) is 7.81. The molecule has 1 saturated heterocycles. The van der Waals surface area contributed by atoms with Crippen molar-refractivity contribution in [2.75, 3.05) is 32.6 Å². The molecule has 2 aromatic carbocycles. The maximum atomic E-state index is 15.3. The molecule has 2 N–H and O–H groups in total. The second kappa shape index (κ2) is 8.88. The van der Waals surface area contributed by atoms with Crippen molar-refractivity contribution in [1.82, 2.24) is 19.3 Å². The summed E-state index contributed by atoms with van der Waals surface area (Å²) in [6.07, 6.45) is -2.22. The zero-order valence-electron chi connectivity index (χ0n) is 21.2. The van der Waals surface area contributed by atoms with Crippen LogP contribution in [0.15, 0.2) is 36.5 Å². The number of ether oxygens (including phenoxy) is 2. The molecule has 1 unspecified atom stereocenters. The van der Waals surface area contributed by atoms with Crippen LogP contribution in [-0.4, -0.2) is 52.0 Å². The normalized spacial score (nSPS) is 19.0. The maximum Gasteiger partial charge on any atom is 0.416 e. The number of aryl methyl sites for hydroxylation is 1. The predicted molar refractivity (Wildman–Crippen MR) is 134 cm³/mol. The molecular formula is C27H25F4N5O3. The van der Waals surface area contributed by atoms with Gasteiger partial charge in [-0.05, 0) is 36.2 Å². The molecule has 4 heterocycles. The molecule has 0 aliphatic carbocycles. The molecule has 4 aromatic rings. The van der Waals surface area contributed by atoms with E-state index in [0.29, 0.717) is 54.0 Å². The number of hydrogen-bond donors (Lipinski definition) is 1. The highest BCUT2D eigenvalue weighted by Crippen LogP contribution is 2.47. The largest absolute Gasteiger partial charge is 0.416 e. The first-order chi connectivity index (χ1) is 18.5. The van der Waals surface area contributed by atoms with Crippen LogP contribution >= 0.6 is 0 Å². The quantitative estimate of drug-likeness (QED) is 0.366. The Morgan fingerprint density at radius 3 is 2.64 bits per heavy atom. The number of aromatic nitrogens is 3. The highest BCUT2D eigenvalue weighted by molar-refractivity contribution is 5.98. The van der Waals surface area contributed by atoms with Crippen molar-refractivity contribution in [3.8, 4) is 0 Å². The van der Waals surface area contributed by atoms with Crippen LogP contribution in [-0.2, 0) is 21.3 Å². The fraction of sp³-hybridized carbons (Fsp3) is 0.370. The lowest BCUT2D eigenvalue weighted by molar-refractivity contribution is -0.143. The summed E-state index contributed by atoms with van der Waals surface area (Å²) in [4.78, 5) is 23.5. The minimum Gasteiger partial charge on any atom is -0.382 e. The Morgan fingerprint density at radius 2 is 1.92 bits per heavy atom. The lowest BCUT2D eigenvalue weighted by Gasteiger charge is -2.46. The summed E-state index contributed by atoms with van der Waals surface area (Å²) in [6, 6.07) is 5.31. The van der Waals surface area contributed by atoms with Gasteiger partial charge in [-0.3, -0.25) is 9.20 Å². The summed E-state index contributed by atoms with van der Waals surface area (Å²) < 4.78 is 69.6. The van der Waals surface area contributed by atoms with Crippen LogP contribution < -0.4 is 5.73 Å².